The number of phenols is 1. The van der Waals surface area contributed by atoms with E-state index in [1.165, 1.54) is 12.1 Å². The number of aromatic hydroxyl groups is 1. The van der Waals surface area contributed by atoms with Gasteiger partial charge in [0.25, 0.3) is 0 Å². The largest absolute Gasteiger partial charge is 0.744 e. The summed E-state index contributed by atoms with van der Waals surface area (Å²) in [6, 6.07) is 41.2. The summed E-state index contributed by atoms with van der Waals surface area (Å²) in [5.41, 5.74) is -0.0244. The van der Waals surface area contributed by atoms with E-state index in [-0.39, 0.29) is 16.9 Å². The molecule has 0 unspecified atom stereocenters. The molecule has 5 rings (SSSR count). The molecule has 6 nitrogen and oxygen atoms in total. The van der Waals surface area contributed by atoms with Crippen LogP contribution in [0.25, 0.3) is 0 Å². The van der Waals surface area contributed by atoms with Crippen LogP contribution < -0.4 is 4.74 Å². The number of halogens is 1. The molecule has 0 heterocycles. The summed E-state index contributed by atoms with van der Waals surface area (Å²) in [7, 11) is -3.68. The van der Waals surface area contributed by atoms with Crippen molar-refractivity contribution in [1.82, 2.24) is 0 Å². The average molecular weight is 609 g/mol. The van der Waals surface area contributed by atoms with E-state index in [0.29, 0.717) is 0 Å². The molecular formula is C32H29ClO6S2. The van der Waals surface area contributed by atoms with Gasteiger partial charge in [-0.05, 0) is 43.0 Å². The third-order valence-corrected chi connectivity index (χ3v) is 6.45. The van der Waals surface area contributed by atoms with Gasteiger partial charge in [0.1, 0.15) is 26.5 Å². The molecule has 0 atom stereocenters. The van der Waals surface area contributed by atoms with Gasteiger partial charge in [-0.25, -0.2) is 8.42 Å². The summed E-state index contributed by atoms with van der Waals surface area (Å²) >= 11 is 8.92. The lowest BCUT2D eigenvalue weighted by Gasteiger charge is -2.14. The van der Waals surface area contributed by atoms with Crippen LogP contribution in [0.4, 0.5) is 0 Å². The Morgan fingerprint density at radius 2 is 1.17 bits per heavy atom. The highest BCUT2D eigenvalue weighted by Gasteiger charge is 2.20. The predicted octanol–water partition coefficient (Wildman–Crippen LogP) is 6.62. The van der Waals surface area contributed by atoms with Crippen LogP contribution in [-0.4, -0.2) is 31.0 Å². The standard InChI is InChI=1S/C14H12O6S.C6H5ClS.2C6H6/c1-20-12-8-11(15)10(7-13(12)21(17,18)19)14(16)9-5-3-2-4-6-9;7-5-1-3-6(8)4-2-5;2*1-2-4-6-5-3-1/h2-8,15H,1H3,(H,17,18,19);1-4,8H;2*1-6H. The van der Waals surface area contributed by atoms with Gasteiger partial charge in [0.05, 0.1) is 17.6 Å². The molecule has 0 amide bonds. The van der Waals surface area contributed by atoms with Crippen molar-refractivity contribution < 1.29 is 27.6 Å². The van der Waals surface area contributed by atoms with Crippen molar-refractivity contribution in [3.8, 4) is 11.5 Å². The number of benzene rings is 5. The molecule has 41 heavy (non-hydrogen) atoms. The van der Waals surface area contributed by atoms with E-state index in [9.17, 15) is 22.9 Å². The molecule has 5 aromatic carbocycles. The van der Waals surface area contributed by atoms with Gasteiger partial charge in [-0.15, -0.1) is 0 Å². The molecule has 0 bridgehead atoms. The number of phenolic OH excluding ortho intramolecular Hbond substituents is 1. The van der Waals surface area contributed by atoms with E-state index < -0.39 is 26.5 Å². The highest BCUT2D eigenvalue weighted by Crippen LogP contribution is 2.32. The van der Waals surface area contributed by atoms with E-state index in [2.05, 4.69) is 12.6 Å². The molecule has 9 heteroatoms. The number of rotatable bonds is 4. The molecule has 0 aromatic heterocycles. The molecule has 212 valence electrons. The molecule has 1 N–H and O–H groups in total. The number of ketones is 1. The van der Waals surface area contributed by atoms with Crippen molar-refractivity contribution in [2.45, 2.75) is 9.79 Å². The fourth-order valence-corrected chi connectivity index (χ4v) is 3.99. The minimum Gasteiger partial charge on any atom is -0.744 e. The maximum atomic E-state index is 12.2. The lowest BCUT2D eigenvalue weighted by atomic mass is 10.0. The van der Waals surface area contributed by atoms with E-state index in [4.69, 9.17) is 16.3 Å². The number of methoxy groups -OCH3 is 1. The van der Waals surface area contributed by atoms with Crippen molar-refractivity contribution in [2.24, 2.45) is 0 Å². The van der Waals surface area contributed by atoms with Crippen LogP contribution in [0.1, 0.15) is 15.9 Å². The first kappa shape index (κ1) is 33.1. The number of hydrogen-bond acceptors (Lipinski definition) is 6. The van der Waals surface area contributed by atoms with Crippen molar-refractivity contribution in [1.29, 1.82) is 0 Å². The normalized spacial score (nSPS) is 9.85. The van der Waals surface area contributed by atoms with Gasteiger partial charge in [-0.3, -0.25) is 4.79 Å². The highest BCUT2D eigenvalue weighted by atomic mass is 35.5. The van der Waals surface area contributed by atoms with E-state index in [0.717, 1.165) is 29.2 Å². The molecule has 0 saturated carbocycles. The number of carbonyl (C=O) groups is 1. The van der Waals surface area contributed by atoms with Crippen molar-refractivity contribution in [3.63, 3.8) is 0 Å². The Hall–Kier alpha value is -4.08. The van der Waals surface area contributed by atoms with Crippen molar-refractivity contribution in [2.75, 3.05) is 7.11 Å². The summed E-state index contributed by atoms with van der Waals surface area (Å²) in [4.78, 5) is 12.6. The molecule has 0 radical (unpaired) electrons. The maximum Gasteiger partial charge on any atom is 0.196 e. The second kappa shape index (κ2) is 17.6. The number of ether oxygens (including phenoxy) is 1. The van der Waals surface area contributed by atoms with Crippen LogP contribution in [0.15, 0.2) is 149 Å². The second-order valence-electron chi connectivity index (χ2n) is 7.99. The van der Waals surface area contributed by atoms with Gasteiger partial charge in [0, 0.05) is 16.7 Å². The maximum absolute atomic E-state index is 12.2. The molecule has 5 aromatic rings. The zero-order chi connectivity index (χ0) is 30.1. The van der Waals surface area contributed by atoms with Crippen LogP contribution in [0.5, 0.6) is 11.5 Å². The summed E-state index contributed by atoms with van der Waals surface area (Å²) in [6.07, 6.45) is 0. The van der Waals surface area contributed by atoms with E-state index >= 15 is 0 Å². The average Bonchev–Trinajstić information content (AvgIpc) is 3.00. The Balaban J connectivity index is 0.000000236. The second-order valence-corrected chi connectivity index (χ2v) is 10.3. The first-order valence-electron chi connectivity index (χ1n) is 12.1. The van der Waals surface area contributed by atoms with Crippen LogP contribution in [-0.2, 0) is 22.7 Å². The van der Waals surface area contributed by atoms with Crippen LogP contribution >= 0.6 is 11.6 Å². The van der Waals surface area contributed by atoms with Gasteiger partial charge in [0.2, 0.25) is 0 Å². The quantitative estimate of drug-likeness (QED) is 0.140. The summed E-state index contributed by atoms with van der Waals surface area (Å²) in [5.74, 6) is -1.37. The van der Waals surface area contributed by atoms with Crippen molar-refractivity contribution >= 4 is 40.1 Å². The Morgan fingerprint density at radius 3 is 1.54 bits per heavy atom. The molecule has 0 aliphatic carbocycles. The van der Waals surface area contributed by atoms with E-state index in [1.807, 2.05) is 97.1 Å². The zero-order valence-electron chi connectivity index (χ0n) is 22.1. The monoisotopic (exact) mass is 608 g/mol. The Morgan fingerprint density at radius 1 is 0.756 bits per heavy atom. The van der Waals surface area contributed by atoms with Crippen LogP contribution in [0, 0.1) is 0 Å². The van der Waals surface area contributed by atoms with Crippen molar-refractivity contribution in [3.05, 3.63) is 156 Å². The third kappa shape index (κ3) is 12.3. The Labute approximate surface area is 251 Å². The van der Waals surface area contributed by atoms with Gasteiger partial charge in [-0.1, -0.05) is 115 Å². The smallest absolute Gasteiger partial charge is 0.196 e. The van der Waals surface area contributed by atoms with Crippen LogP contribution in [0.3, 0.4) is 0 Å². The Kier molecular flexibility index (Phi) is 14.2. The summed E-state index contributed by atoms with van der Waals surface area (Å²) in [6.45, 7) is 0. The SMILES string of the molecule is COc1cc(O)c(C(=O)c2ccccc2)cc1S(=O)(=O)[O-].[SH2+]c1ccc(Cl)cc1.c1ccccc1.c1ccccc1. The van der Waals surface area contributed by atoms with Gasteiger partial charge >= 0.3 is 0 Å². The first-order valence-corrected chi connectivity index (χ1v) is 14.4. The highest BCUT2D eigenvalue weighted by molar-refractivity contribution is 7.85. The zero-order valence-corrected chi connectivity index (χ0v) is 24.6. The molecule has 0 aliphatic rings. The minimum absolute atomic E-state index is 0.257. The fourth-order valence-electron chi connectivity index (χ4n) is 3.05. The van der Waals surface area contributed by atoms with Gasteiger partial charge in [-0.2, -0.15) is 0 Å². The van der Waals surface area contributed by atoms with Gasteiger partial charge in [0.15, 0.2) is 5.78 Å². The van der Waals surface area contributed by atoms with Crippen LogP contribution in [0.2, 0.25) is 5.02 Å². The fraction of sp³-hybridized carbons (Fsp3) is 0.0312. The third-order valence-electron chi connectivity index (χ3n) is 5.01. The topological polar surface area (TPSA) is 104 Å². The first-order chi connectivity index (χ1) is 19.6. The minimum atomic E-state index is -4.84. The predicted molar refractivity (Wildman–Crippen MR) is 165 cm³/mol. The number of hydrogen-bond donors (Lipinski definition) is 1. The molecule has 0 fully saturated rings. The molecule has 0 saturated heterocycles. The Bertz CT molecular complexity index is 1460. The molecule has 0 spiro atoms. The van der Waals surface area contributed by atoms with E-state index in [1.54, 1.807) is 18.2 Å². The summed E-state index contributed by atoms with van der Waals surface area (Å²) in [5, 5.41) is 10.6. The lowest BCUT2D eigenvalue weighted by Crippen LogP contribution is -2.07. The van der Waals surface area contributed by atoms with Gasteiger partial charge < -0.3 is 14.4 Å². The lowest BCUT2D eigenvalue weighted by molar-refractivity contribution is 0.103. The summed E-state index contributed by atoms with van der Waals surface area (Å²) < 4.78 is 38.4. The molecule has 0 aliphatic heterocycles. The molecular weight excluding hydrogens is 580 g/mol. The number of carbonyl (C=O) groups excluding carboxylic acids is 1.